The van der Waals surface area contributed by atoms with Gasteiger partial charge in [0.2, 0.25) is 0 Å². The van der Waals surface area contributed by atoms with Gasteiger partial charge in [0.1, 0.15) is 5.75 Å². The lowest BCUT2D eigenvalue weighted by Crippen LogP contribution is -2.48. The molecule has 1 aromatic carbocycles. The number of piperidine rings is 1. The summed E-state index contributed by atoms with van der Waals surface area (Å²) in [5, 5.41) is 10.2. The number of rotatable bonds is 5. The Morgan fingerprint density at radius 1 is 1.00 bits per heavy atom. The monoisotopic (exact) mass is 342 g/mol. The van der Waals surface area contributed by atoms with Crippen molar-refractivity contribution in [3.05, 3.63) is 29.8 Å². The van der Waals surface area contributed by atoms with Gasteiger partial charge in [-0.3, -0.25) is 4.90 Å². The van der Waals surface area contributed by atoms with Crippen LogP contribution in [0.25, 0.3) is 0 Å². The molecule has 3 nitrogen and oxygen atoms in total. The highest BCUT2D eigenvalue weighted by Gasteiger charge is 2.42. The molecule has 0 spiro atoms. The molecule has 3 heteroatoms. The van der Waals surface area contributed by atoms with Crippen LogP contribution in [0.2, 0.25) is 0 Å². The Kier molecular flexibility index (Phi) is 5.33. The van der Waals surface area contributed by atoms with Gasteiger partial charge in [0.25, 0.3) is 0 Å². The second-order valence-electron chi connectivity index (χ2n) is 8.81. The van der Waals surface area contributed by atoms with Gasteiger partial charge in [0.05, 0.1) is 0 Å². The van der Waals surface area contributed by atoms with E-state index in [4.69, 9.17) is 5.73 Å². The first-order valence-electron chi connectivity index (χ1n) is 10.5. The first kappa shape index (κ1) is 17.4. The van der Waals surface area contributed by atoms with Crippen LogP contribution in [0.4, 0.5) is 0 Å². The van der Waals surface area contributed by atoms with Crippen molar-refractivity contribution < 1.29 is 5.11 Å². The van der Waals surface area contributed by atoms with Gasteiger partial charge in [-0.05, 0) is 55.6 Å². The summed E-state index contributed by atoms with van der Waals surface area (Å²) < 4.78 is 0. The number of fused-ring (bicyclic) bond motifs is 2. The largest absolute Gasteiger partial charge is 0.508 e. The zero-order chi connectivity index (χ0) is 17.2. The van der Waals surface area contributed by atoms with Crippen LogP contribution in [0, 0.1) is 5.92 Å². The van der Waals surface area contributed by atoms with Crippen molar-refractivity contribution >= 4 is 0 Å². The van der Waals surface area contributed by atoms with E-state index in [0.29, 0.717) is 29.8 Å². The third-order valence-corrected chi connectivity index (χ3v) is 7.07. The van der Waals surface area contributed by atoms with E-state index in [1.807, 2.05) is 12.1 Å². The fourth-order valence-electron chi connectivity index (χ4n) is 5.86. The quantitative estimate of drug-likeness (QED) is 0.834. The maximum Gasteiger partial charge on any atom is 0.119 e. The van der Waals surface area contributed by atoms with Crippen molar-refractivity contribution in [3.8, 4) is 5.75 Å². The summed E-state index contributed by atoms with van der Waals surface area (Å²) in [6, 6.07) is 9.61. The van der Waals surface area contributed by atoms with Gasteiger partial charge >= 0.3 is 0 Å². The molecule has 0 radical (unpaired) electrons. The number of benzene rings is 1. The number of phenolic OH excluding ortho intramolecular Hbond substituents is 1. The van der Waals surface area contributed by atoms with Gasteiger partial charge in [-0.1, -0.05) is 50.3 Å². The number of nitrogens with two attached hydrogens (primary N) is 1. The van der Waals surface area contributed by atoms with Gasteiger partial charge in [0, 0.05) is 24.7 Å². The number of phenols is 1. The van der Waals surface area contributed by atoms with Crippen LogP contribution >= 0.6 is 0 Å². The fourth-order valence-corrected chi connectivity index (χ4v) is 5.86. The Balaban J connectivity index is 1.35. The topological polar surface area (TPSA) is 49.5 Å². The Morgan fingerprint density at radius 3 is 2.36 bits per heavy atom. The van der Waals surface area contributed by atoms with Gasteiger partial charge in [-0.2, -0.15) is 0 Å². The van der Waals surface area contributed by atoms with E-state index in [1.54, 1.807) is 0 Å². The summed E-state index contributed by atoms with van der Waals surface area (Å²) in [7, 11) is 0. The molecule has 3 aliphatic rings. The molecule has 3 unspecified atom stereocenters. The highest BCUT2D eigenvalue weighted by atomic mass is 16.3. The van der Waals surface area contributed by atoms with Crippen LogP contribution in [0.3, 0.4) is 0 Å². The number of nitrogens with zero attached hydrogens (tertiary/aromatic N) is 1. The van der Waals surface area contributed by atoms with Crippen molar-refractivity contribution in [2.75, 3.05) is 6.54 Å². The molecular formula is C22H34N2O. The molecule has 2 saturated heterocycles. The summed E-state index contributed by atoms with van der Waals surface area (Å²) in [5.41, 5.74) is 7.73. The van der Waals surface area contributed by atoms with Crippen LogP contribution in [-0.2, 0) is 0 Å². The summed E-state index contributed by atoms with van der Waals surface area (Å²) in [6.07, 6.45) is 13.3. The predicted molar refractivity (Wildman–Crippen MR) is 103 cm³/mol. The van der Waals surface area contributed by atoms with Crippen LogP contribution in [0.1, 0.15) is 75.7 Å². The average molecular weight is 343 g/mol. The summed E-state index contributed by atoms with van der Waals surface area (Å²) in [6.45, 7) is 1.08. The lowest BCUT2D eigenvalue weighted by molar-refractivity contribution is 0.112. The van der Waals surface area contributed by atoms with Gasteiger partial charge in [0.15, 0.2) is 0 Å². The molecule has 1 saturated carbocycles. The molecule has 2 bridgehead atoms. The molecule has 1 aromatic rings. The van der Waals surface area contributed by atoms with Gasteiger partial charge in [-0.25, -0.2) is 0 Å². The van der Waals surface area contributed by atoms with Crippen LogP contribution in [-0.4, -0.2) is 34.7 Å². The van der Waals surface area contributed by atoms with E-state index in [2.05, 4.69) is 17.0 Å². The Labute approximate surface area is 152 Å². The molecule has 0 aromatic heterocycles. The van der Waals surface area contributed by atoms with E-state index in [-0.39, 0.29) is 0 Å². The van der Waals surface area contributed by atoms with E-state index in [1.165, 1.54) is 64.2 Å². The Bertz CT molecular complexity index is 555. The van der Waals surface area contributed by atoms with Crippen LogP contribution < -0.4 is 5.73 Å². The molecule has 2 heterocycles. The third-order valence-electron chi connectivity index (χ3n) is 7.07. The lowest BCUT2D eigenvalue weighted by atomic mass is 9.83. The number of aromatic hydroxyl groups is 1. The molecule has 3 atom stereocenters. The first-order valence-corrected chi connectivity index (χ1v) is 10.5. The van der Waals surface area contributed by atoms with Crippen LogP contribution in [0.15, 0.2) is 24.3 Å². The molecule has 3 N–H and O–H groups in total. The van der Waals surface area contributed by atoms with E-state index in [0.717, 1.165) is 18.0 Å². The van der Waals surface area contributed by atoms with E-state index >= 15 is 0 Å². The smallest absolute Gasteiger partial charge is 0.119 e. The van der Waals surface area contributed by atoms with Crippen molar-refractivity contribution in [2.45, 2.75) is 88.3 Å². The van der Waals surface area contributed by atoms with Gasteiger partial charge < -0.3 is 10.8 Å². The fraction of sp³-hybridized carbons (Fsp3) is 0.727. The maximum absolute atomic E-state index is 10.2. The summed E-state index contributed by atoms with van der Waals surface area (Å²) >= 11 is 0. The molecular weight excluding hydrogens is 308 g/mol. The minimum atomic E-state index is 0.341. The maximum atomic E-state index is 10.2. The number of hydrogen-bond donors (Lipinski definition) is 2. The molecule has 0 amide bonds. The minimum Gasteiger partial charge on any atom is -0.508 e. The molecule has 138 valence electrons. The van der Waals surface area contributed by atoms with Crippen molar-refractivity contribution in [3.63, 3.8) is 0 Å². The standard InChI is InChI=1S/C22H34N2O/c23-18(12-16-6-2-1-3-7-16)15-24-19-10-11-20(24)14-17(13-19)21-8-4-5-9-22(21)25/h4-5,8-9,16-20,25H,1-3,6-7,10-15,23H2. The first-order chi connectivity index (χ1) is 12.2. The predicted octanol–water partition coefficient (Wildman–Crippen LogP) is 4.40. The van der Waals surface area contributed by atoms with Crippen molar-refractivity contribution in [2.24, 2.45) is 11.7 Å². The average Bonchev–Trinajstić information content (AvgIpc) is 2.85. The van der Waals surface area contributed by atoms with Crippen LogP contribution in [0.5, 0.6) is 5.75 Å². The second-order valence-corrected chi connectivity index (χ2v) is 8.81. The molecule has 25 heavy (non-hydrogen) atoms. The van der Waals surface area contributed by atoms with Crippen molar-refractivity contribution in [1.82, 2.24) is 4.90 Å². The summed E-state index contributed by atoms with van der Waals surface area (Å²) in [5.74, 6) is 1.87. The molecule has 3 fully saturated rings. The normalized spacial score (nSPS) is 32.0. The zero-order valence-electron chi connectivity index (χ0n) is 15.4. The molecule has 4 rings (SSSR count). The highest BCUT2D eigenvalue weighted by molar-refractivity contribution is 5.35. The summed E-state index contributed by atoms with van der Waals surface area (Å²) in [4.78, 5) is 2.73. The Hall–Kier alpha value is -1.06. The lowest BCUT2D eigenvalue weighted by Gasteiger charge is -2.41. The second kappa shape index (κ2) is 7.67. The van der Waals surface area contributed by atoms with E-state index < -0.39 is 0 Å². The SMILES string of the molecule is NC(CC1CCCCC1)CN1C2CCC1CC(c1ccccc1O)C2. The molecule has 1 aliphatic carbocycles. The van der Waals surface area contributed by atoms with Gasteiger partial charge in [-0.15, -0.1) is 0 Å². The minimum absolute atomic E-state index is 0.341. The number of para-hydroxylation sites is 1. The molecule has 2 aliphatic heterocycles. The zero-order valence-corrected chi connectivity index (χ0v) is 15.4. The third kappa shape index (κ3) is 3.88. The Morgan fingerprint density at radius 2 is 1.68 bits per heavy atom. The van der Waals surface area contributed by atoms with Crippen molar-refractivity contribution in [1.29, 1.82) is 0 Å². The highest BCUT2D eigenvalue weighted by Crippen LogP contribution is 2.45. The van der Waals surface area contributed by atoms with E-state index in [9.17, 15) is 5.11 Å². The number of hydrogen-bond acceptors (Lipinski definition) is 3.